The third kappa shape index (κ3) is 3.97. The summed E-state index contributed by atoms with van der Waals surface area (Å²) in [6.07, 6.45) is 3.62. The minimum atomic E-state index is 0.195. The fourth-order valence-corrected chi connectivity index (χ4v) is 2.40. The third-order valence-electron chi connectivity index (χ3n) is 3.11. The summed E-state index contributed by atoms with van der Waals surface area (Å²) < 4.78 is 0. The Kier molecular flexibility index (Phi) is 5.01. The molecule has 1 nitrogen and oxygen atoms in total. The van der Waals surface area contributed by atoms with Crippen LogP contribution in [0.15, 0.2) is 18.2 Å². The number of aryl methyl sites for hydroxylation is 2. The predicted octanol–water partition coefficient (Wildman–Crippen LogP) is 4.13. The Balaban J connectivity index is 2.68. The van der Waals surface area contributed by atoms with Crippen molar-refractivity contribution in [2.45, 2.75) is 53.0 Å². The van der Waals surface area contributed by atoms with E-state index < -0.39 is 0 Å². The molecule has 2 atom stereocenters. The molecule has 0 aliphatic heterocycles. The molecule has 2 N–H and O–H groups in total. The van der Waals surface area contributed by atoms with Gasteiger partial charge in [-0.2, -0.15) is 0 Å². The second-order valence-electron chi connectivity index (χ2n) is 5.16. The Hall–Kier alpha value is -0.820. The van der Waals surface area contributed by atoms with E-state index in [9.17, 15) is 0 Å². The van der Waals surface area contributed by atoms with Crippen LogP contribution in [0.25, 0.3) is 0 Å². The molecular weight excluding hydrogens is 194 g/mol. The van der Waals surface area contributed by atoms with Crippen molar-refractivity contribution in [2.24, 2.45) is 11.7 Å². The Morgan fingerprint density at radius 2 is 1.69 bits per heavy atom. The second kappa shape index (κ2) is 6.05. The Bertz CT molecular complexity index is 310. The van der Waals surface area contributed by atoms with Crippen LogP contribution in [0.2, 0.25) is 0 Å². The first-order valence-corrected chi connectivity index (χ1v) is 6.36. The lowest BCUT2D eigenvalue weighted by Gasteiger charge is -2.18. The lowest BCUT2D eigenvalue weighted by Crippen LogP contribution is -2.14. The van der Waals surface area contributed by atoms with Crippen molar-refractivity contribution in [3.05, 3.63) is 34.9 Å². The highest BCUT2D eigenvalue weighted by Crippen LogP contribution is 2.23. The summed E-state index contributed by atoms with van der Waals surface area (Å²) >= 11 is 0. The van der Waals surface area contributed by atoms with Crippen LogP contribution < -0.4 is 5.73 Å². The van der Waals surface area contributed by atoms with E-state index in [0.717, 1.165) is 12.3 Å². The predicted molar refractivity (Wildman–Crippen MR) is 71.5 cm³/mol. The van der Waals surface area contributed by atoms with Crippen LogP contribution in [-0.2, 0) is 0 Å². The first-order valence-electron chi connectivity index (χ1n) is 6.36. The van der Waals surface area contributed by atoms with Crippen LogP contribution in [0.3, 0.4) is 0 Å². The zero-order valence-corrected chi connectivity index (χ0v) is 11.1. The molecule has 1 rings (SSSR count). The molecule has 0 saturated carbocycles. The number of rotatable bonds is 5. The molecule has 0 bridgehead atoms. The van der Waals surface area contributed by atoms with Gasteiger partial charge in [-0.1, -0.05) is 56.0 Å². The van der Waals surface area contributed by atoms with Crippen molar-refractivity contribution >= 4 is 0 Å². The highest BCUT2D eigenvalue weighted by atomic mass is 14.6. The summed E-state index contributed by atoms with van der Waals surface area (Å²) in [5.41, 5.74) is 10.2. The monoisotopic (exact) mass is 219 g/mol. The average molecular weight is 219 g/mol. The van der Waals surface area contributed by atoms with Gasteiger partial charge in [0.2, 0.25) is 0 Å². The maximum absolute atomic E-state index is 6.26. The molecule has 0 aliphatic rings. The van der Waals surface area contributed by atoms with E-state index in [-0.39, 0.29) is 6.04 Å². The largest absolute Gasteiger partial charge is 0.324 e. The van der Waals surface area contributed by atoms with Crippen molar-refractivity contribution in [3.8, 4) is 0 Å². The van der Waals surface area contributed by atoms with Crippen LogP contribution in [0.4, 0.5) is 0 Å². The molecule has 1 aromatic rings. The molecule has 2 unspecified atom stereocenters. The van der Waals surface area contributed by atoms with Gasteiger partial charge in [0.25, 0.3) is 0 Å². The Morgan fingerprint density at radius 3 is 2.19 bits per heavy atom. The quantitative estimate of drug-likeness (QED) is 0.791. The summed E-state index contributed by atoms with van der Waals surface area (Å²) in [4.78, 5) is 0. The molecule has 0 radical (unpaired) electrons. The number of benzene rings is 1. The van der Waals surface area contributed by atoms with Crippen molar-refractivity contribution in [1.82, 2.24) is 0 Å². The van der Waals surface area contributed by atoms with E-state index in [0.29, 0.717) is 0 Å². The summed E-state index contributed by atoms with van der Waals surface area (Å²) in [5, 5.41) is 0. The first kappa shape index (κ1) is 13.2. The van der Waals surface area contributed by atoms with Gasteiger partial charge < -0.3 is 5.73 Å². The van der Waals surface area contributed by atoms with Crippen LogP contribution in [0.1, 0.15) is 55.8 Å². The summed E-state index contributed by atoms with van der Waals surface area (Å²) in [5.74, 6) is 0.723. The normalized spacial score (nSPS) is 14.8. The SMILES string of the molecule is CCCC(C)CC(N)c1cc(C)cc(C)c1. The van der Waals surface area contributed by atoms with Gasteiger partial charge in [0.1, 0.15) is 0 Å². The van der Waals surface area contributed by atoms with E-state index in [1.54, 1.807) is 0 Å². The highest BCUT2D eigenvalue weighted by molar-refractivity contribution is 5.30. The van der Waals surface area contributed by atoms with Gasteiger partial charge in [-0.25, -0.2) is 0 Å². The van der Waals surface area contributed by atoms with Crippen molar-refractivity contribution < 1.29 is 0 Å². The fraction of sp³-hybridized carbons (Fsp3) is 0.600. The number of hydrogen-bond donors (Lipinski definition) is 1. The molecule has 90 valence electrons. The molecule has 0 spiro atoms. The van der Waals surface area contributed by atoms with E-state index in [4.69, 9.17) is 5.73 Å². The maximum atomic E-state index is 6.26. The van der Waals surface area contributed by atoms with Gasteiger partial charge in [0.15, 0.2) is 0 Å². The number of nitrogens with two attached hydrogens (primary N) is 1. The van der Waals surface area contributed by atoms with E-state index in [2.05, 4.69) is 45.9 Å². The van der Waals surface area contributed by atoms with Gasteiger partial charge in [-0.15, -0.1) is 0 Å². The van der Waals surface area contributed by atoms with Gasteiger partial charge in [-0.05, 0) is 31.7 Å². The molecule has 0 aliphatic carbocycles. The summed E-state index contributed by atoms with van der Waals surface area (Å²) in [6, 6.07) is 6.83. The minimum Gasteiger partial charge on any atom is -0.324 e. The molecule has 0 heterocycles. The topological polar surface area (TPSA) is 26.0 Å². The molecule has 16 heavy (non-hydrogen) atoms. The van der Waals surface area contributed by atoms with Gasteiger partial charge >= 0.3 is 0 Å². The molecule has 0 fully saturated rings. The van der Waals surface area contributed by atoms with E-state index in [1.165, 1.54) is 29.5 Å². The Labute approximate surface area is 100 Å². The van der Waals surface area contributed by atoms with Crippen LogP contribution in [-0.4, -0.2) is 0 Å². The zero-order chi connectivity index (χ0) is 12.1. The van der Waals surface area contributed by atoms with Gasteiger partial charge in [0.05, 0.1) is 0 Å². The number of hydrogen-bond acceptors (Lipinski definition) is 1. The smallest absolute Gasteiger partial charge is 0.0297 e. The Morgan fingerprint density at radius 1 is 1.12 bits per heavy atom. The molecule has 0 aromatic heterocycles. The third-order valence-corrected chi connectivity index (χ3v) is 3.11. The van der Waals surface area contributed by atoms with Crippen LogP contribution in [0, 0.1) is 19.8 Å². The molecule has 1 heteroatoms. The van der Waals surface area contributed by atoms with E-state index >= 15 is 0 Å². The second-order valence-corrected chi connectivity index (χ2v) is 5.16. The average Bonchev–Trinajstić information content (AvgIpc) is 2.16. The lowest BCUT2D eigenvalue weighted by atomic mass is 9.92. The lowest BCUT2D eigenvalue weighted by molar-refractivity contribution is 0.440. The van der Waals surface area contributed by atoms with Crippen LogP contribution in [0.5, 0.6) is 0 Å². The maximum Gasteiger partial charge on any atom is 0.0297 e. The van der Waals surface area contributed by atoms with Crippen molar-refractivity contribution in [1.29, 1.82) is 0 Å². The molecular formula is C15H25N. The molecule has 1 aromatic carbocycles. The van der Waals surface area contributed by atoms with Gasteiger partial charge in [0, 0.05) is 6.04 Å². The van der Waals surface area contributed by atoms with Crippen LogP contribution >= 0.6 is 0 Å². The van der Waals surface area contributed by atoms with E-state index in [1.807, 2.05) is 0 Å². The standard InChI is InChI=1S/C15H25N/c1-5-6-11(2)10-15(16)14-8-12(3)7-13(4)9-14/h7-9,11,15H,5-6,10,16H2,1-4H3. The molecule has 0 amide bonds. The minimum absolute atomic E-state index is 0.195. The first-order chi connectivity index (χ1) is 7.52. The van der Waals surface area contributed by atoms with Gasteiger partial charge in [-0.3, -0.25) is 0 Å². The molecule has 0 saturated heterocycles. The zero-order valence-electron chi connectivity index (χ0n) is 11.1. The summed E-state index contributed by atoms with van der Waals surface area (Å²) in [7, 11) is 0. The van der Waals surface area contributed by atoms with Crippen molar-refractivity contribution in [3.63, 3.8) is 0 Å². The fourth-order valence-electron chi connectivity index (χ4n) is 2.40. The summed E-state index contributed by atoms with van der Waals surface area (Å²) in [6.45, 7) is 8.81. The highest BCUT2D eigenvalue weighted by Gasteiger charge is 2.11. The van der Waals surface area contributed by atoms with Crippen molar-refractivity contribution in [2.75, 3.05) is 0 Å².